The average molecular weight is 1350 g/mol. The van der Waals surface area contributed by atoms with Crippen molar-refractivity contribution in [1.82, 2.24) is 54.9 Å². The number of esters is 1. The molecule has 0 saturated carbocycles. The number of hydrogen-bond donors (Lipinski definition) is 6. The Balaban J connectivity index is 0.760. The SMILES string of the molecule is CC[C@@]1(OC(=O)OCc2ccc(NC(=O)[C@H](CCCNC(N)=O)NC(=O)COCC(=O)NCCOCCn3cc(CNC(=O)CCCC#Cc4cnc(S(C)(=O)=O)nc4)cn3)cc2)C(=O)OCc2c1cc1n(c2=O)Cc2c-1nc1ccccc1c2CCN(C(C)C)S(C)(=O)=O. The summed E-state index contributed by atoms with van der Waals surface area (Å²) in [5.74, 6) is 2.82. The molecular weight excluding hydrogens is 1270 g/mol. The number of carbonyl (C=O) groups is 7. The number of sulfonamides is 1. The molecule has 95 heavy (non-hydrogen) atoms. The second-order valence-corrected chi connectivity index (χ2v) is 26.5. The van der Waals surface area contributed by atoms with E-state index in [1.165, 1.54) is 39.7 Å². The van der Waals surface area contributed by atoms with Gasteiger partial charge in [0, 0.05) is 97.7 Å². The molecule has 4 aromatic heterocycles. The topological polar surface area (TPSA) is 402 Å². The number of pyridine rings is 2. The quantitative estimate of drug-likeness (QED) is 0.0153. The number of anilines is 1. The number of urea groups is 1. The number of benzene rings is 2. The van der Waals surface area contributed by atoms with E-state index in [0.29, 0.717) is 59.5 Å². The molecule has 0 spiro atoms. The lowest BCUT2D eigenvalue weighted by Gasteiger charge is -2.35. The van der Waals surface area contributed by atoms with E-state index in [-0.39, 0.29) is 113 Å². The number of ether oxygens (including phenoxy) is 5. The predicted molar refractivity (Wildman–Crippen MR) is 342 cm³/mol. The molecule has 6 aromatic rings. The first-order valence-corrected chi connectivity index (χ1v) is 34.2. The first-order valence-electron chi connectivity index (χ1n) is 30.4. The molecule has 8 rings (SSSR count). The highest BCUT2D eigenvalue weighted by molar-refractivity contribution is 7.90. The number of aromatic nitrogens is 6. The number of nitrogens with zero attached hydrogens (tertiary/aromatic N) is 7. The lowest BCUT2D eigenvalue weighted by Crippen LogP contribution is -2.47. The lowest BCUT2D eigenvalue weighted by molar-refractivity contribution is -0.175. The van der Waals surface area contributed by atoms with Crippen LogP contribution in [0.2, 0.25) is 0 Å². The van der Waals surface area contributed by atoms with Crippen molar-refractivity contribution < 1.29 is 74.1 Å². The highest BCUT2D eigenvalue weighted by atomic mass is 32.2. The third kappa shape index (κ3) is 19.2. The zero-order valence-electron chi connectivity index (χ0n) is 53.1. The summed E-state index contributed by atoms with van der Waals surface area (Å²) in [6.07, 6.45) is 8.66. The van der Waals surface area contributed by atoms with Crippen LogP contribution in [0.25, 0.3) is 22.3 Å². The number of para-hydroxylation sites is 1. The normalized spacial score (nSPS) is 14.3. The highest BCUT2D eigenvalue weighted by Crippen LogP contribution is 2.42. The minimum absolute atomic E-state index is 0.0587. The second kappa shape index (κ2) is 32.4. The van der Waals surface area contributed by atoms with Crippen molar-refractivity contribution in [1.29, 1.82) is 0 Å². The van der Waals surface area contributed by atoms with Crippen LogP contribution in [0.15, 0.2) is 89.3 Å². The predicted octanol–water partition coefficient (Wildman–Crippen LogP) is 2.60. The molecule has 32 heteroatoms. The van der Waals surface area contributed by atoms with Crippen LogP contribution in [0, 0.1) is 11.8 Å². The Labute approximate surface area is 547 Å². The Morgan fingerprint density at radius 2 is 1.61 bits per heavy atom. The third-order valence-electron chi connectivity index (χ3n) is 15.3. The average Bonchev–Trinajstić information content (AvgIpc) is 1.70. The number of hydrogen-bond acceptors (Lipinski definition) is 21. The van der Waals surface area contributed by atoms with Crippen molar-refractivity contribution in [3.63, 3.8) is 0 Å². The molecular formula is C63H75N13O17S2. The number of cyclic esters (lactones) is 1. The Kier molecular flexibility index (Phi) is 24.3. The van der Waals surface area contributed by atoms with E-state index in [4.69, 9.17) is 34.4 Å². The van der Waals surface area contributed by atoms with Gasteiger partial charge in [-0.2, -0.15) is 9.40 Å². The van der Waals surface area contributed by atoms with Gasteiger partial charge < -0.3 is 60.6 Å². The standard InChI is InChI=1S/C63H75N13O17S2/c1-6-63(49-29-52-56-47(35-75(52)58(81)48(49)37-91-59(63)82)45(46-14-10-11-15-50(46)73-56)22-25-76(40(2)3)95(5,87)88)93-62(84)92-36-41-18-20-44(21-19-41)71-57(80)51(16-12-23-66-60(64)83)72-55(79)39-90-38-54(78)65-24-27-89-28-26-74-34-43(33-70-74)32-67-53(77)17-9-7-8-13-42-30-68-61(69-31-42)94(4,85)86/h10-11,14-15,18-21,29-31,33-34,40,51H,6-7,9,12,16-17,22-28,32,35-39H2,1-5H3,(H,65,78)(H,67,77)(H,71,80)(H,72,79)(H3,64,66,83)/t51-,63-/m0/s1. The van der Waals surface area contributed by atoms with Gasteiger partial charge in [0.25, 0.3) is 5.56 Å². The van der Waals surface area contributed by atoms with Gasteiger partial charge in [-0.3, -0.25) is 28.7 Å². The Morgan fingerprint density at radius 3 is 2.33 bits per heavy atom. The third-order valence-corrected chi connectivity index (χ3v) is 17.6. The maximum Gasteiger partial charge on any atom is 0.510 e. The van der Waals surface area contributed by atoms with Crippen molar-refractivity contribution in [2.24, 2.45) is 5.73 Å². The Hall–Kier alpha value is -9.68. The summed E-state index contributed by atoms with van der Waals surface area (Å²) in [6, 6.07) is 12.9. The minimum atomic E-state index is -3.55. The van der Waals surface area contributed by atoms with Crippen LogP contribution in [0.4, 0.5) is 15.3 Å². The maximum absolute atomic E-state index is 14.4. The van der Waals surface area contributed by atoms with Gasteiger partial charge in [0.15, 0.2) is 0 Å². The van der Waals surface area contributed by atoms with Gasteiger partial charge in [0.1, 0.15) is 32.5 Å². The van der Waals surface area contributed by atoms with Crippen molar-refractivity contribution in [2.75, 3.05) is 63.9 Å². The number of fused-ring (bicyclic) bond motifs is 5. The zero-order chi connectivity index (χ0) is 68.5. The van der Waals surface area contributed by atoms with Gasteiger partial charge in [0.2, 0.25) is 54.2 Å². The molecule has 0 aliphatic carbocycles. The molecule has 0 radical (unpaired) electrons. The molecule has 2 aliphatic heterocycles. The summed E-state index contributed by atoms with van der Waals surface area (Å²) in [5, 5.41) is 18.0. The molecule has 30 nitrogen and oxygen atoms in total. The number of nitrogens with one attached hydrogen (secondary N) is 5. The molecule has 0 unspecified atom stereocenters. The summed E-state index contributed by atoms with van der Waals surface area (Å²) in [4.78, 5) is 117. The molecule has 7 N–H and O–H groups in total. The number of rotatable bonds is 32. The van der Waals surface area contributed by atoms with Gasteiger partial charge in [-0.1, -0.05) is 49.1 Å². The van der Waals surface area contributed by atoms with Crippen LogP contribution in [0.5, 0.6) is 0 Å². The molecule has 0 saturated heterocycles. The molecule has 0 fully saturated rings. The fourth-order valence-corrected chi connectivity index (χ4v) is 12.3. The number of carbonyl (C=O) groups excluding carboxylic acids is 7. The number of primary amides is 1. The van der Waals surface area contributed by atoms with E-state index < -0.39 is 86.2 Å². The zero-order valence-corrected chi connectivity index (χ0v) is 54.7. The van der Waals surface area contributed by atoms with E-state index in [2.05, 4.69) is 53.5 Å². The smallest absolute Gasteiger partial charge is 0.457 e. The van der Waals surface area contributed by atoms with Crippen molar-refractivity contribution in [3.8, 4) is 23.2 Å². The molecule has 0 bridgehead atoms. The van der Waals surface area contributed by atoms with E-state index in [0.717, 1.165) is 28.3 Å². The van der Waals surface area contributed by atoms with Crippen molar-refractivity contribution in [3.05, 3.63) is 129 Å². The molecule has 6 heterocycles. The van der Waals surface area contributed by atoms with Crippen LogP contribution in [0.1, 0.15) is 98.2 Å². The first-order chi connectivity index (χ1) is 45.3. The maximum atomic E-state index is 14.4. The van der Waals surface area contributed by atoms with Crippen LogP contribution >= 0.6 is 0 Å². The van der Waals surface area contributed by atoms with Gasteiger partial charge >= 0.3 is 18.2 Å². The number of unbranched alkanes of at least 4 members (excludes halogenated alkanes) is 1. The van der Waals surface area contributed by atoms with Gasteiger partial charge in [-0.25, -0.2) is 46.2 Å². The Bertz CT molecular complexity index is 4190. The van der Waals surface area contributed by atoms with Crippen molar-refractivity contribution in [2.45, 2.75) is 121 Å². The molecule has 506 valence electrons. The minimum Gasteiger partial charge on any atom is -0.457 e. The summed E-state index contributed by atoms with van der Waals surface area (Å²) >= 11 is 0. The lowest BCUT2D eigenvalue weighted by atomic mass is 9.85. The van der Waals surface area contributed by atoms with Gasteiger partial charge in [-0.05, 0) is 81.3 Å². The second-order valence-electron chi connectivity index (χ2n) is 22.6. The summed E-state index contributed by atoms with van der Waals surface area (Å²) in [6.45, 7) is 5.03. The van der Waals surface area contributed by atoms with Gasteiger partial charge in [0.05, 0.1) is 66.8 Å². The largest absolute Gasteiger partial charge is 0.510 e. The van der Waals surface area contributed by atoms with E-state index >= 15 is 0 Å². The van der Waals surface area contributed by atoms with Crippen LogP contribution in [0.3, 0.4) is 0 Å². The number of sulfone groups is 1. The summed E-state index contributed by atoms with van der Waals surface area (Å²) in [7, 11) is -7.06. The molecule has 6 amide bonds. The fraction of sp³-hybridized carbons (Fsp3) is 0.429. The van der Waals surface area contributed by atoms with Crippen molar-refractivity contribution >= 4 is 78.2 Å². The monoisotopic (exact) mass is 1350 g/mol. The number of nitrogens with two attached hydrogens (primary N) is 1. The summed E-state index contributed by atoms with van der Waals surface area (Å²) < 4.78 is 80.9. The van der Waals surface area contributed by atoms with E-state index in [9.17, 15) is 55.2 Å². The fourth-order valence-electron chi connectivity index (χ4n) is 10.6. The van der Waals surface area contributed by atoms with Crippen LogP contribution in [-0.4, -0.2) is 163 Å². The van der Waals surface area contributed by atoms with E-state index in [1.807, 2.05) is 24.3 Å². The molecule has 2 atom stereocenters. The molecule has 2 aromatic carbocycles. The van der Waals surface area contributed by atoms with E-state index in [1.54, 1.807) is 56.0 Å². The summed E-state index contributed by atoms with van der Waals surface area (Å²) in [5.41, 5.74) is 7.83. The molecule has 2 aliphatic rings. The first kappa shape index (κ1) is 71.2. The Morgan fingerprint density at radius 1 is 0.863 bits per heavy atom. The highest BCUT2D eigenvalue weighted by Gasteiger charge is 2.51. The van der Waals surface area contributed by atoms with Crippen LogP contribution < -0.4 is 37.9 Å². The van der Waals surface area contributed by atoms with Gasteiger partial charge in [-0.15, -0.1) is 0 Å². The number of amides is 6. The van der Waals surface area contributed by atoms with Crippen LogP contribution in [-0.2, 0) is 112 Å².